The molecule has 6 nitrogen and oxygen atoms in total. The second-order valence-electron chi connectivity index (χ2n) is 5.92. The SMILES string of the molecule is CCNC(=NCCNC(=O)c1ccc(OC)cc1)NC(C)C(C)C. The van der Waals surface area contributed by atoms with Crippen molar-refractivity contribution in [3.63, 3.8) is 0 Å². The molecule has 1 aromatic carbocycles. The van der Waals surface area contributed by atoms with Crippen LogP contribution in [0.25, 0.3) is 0 Å². The molecule has 0 saturated heterocycles. The fourth-order valence-electron chi connectivity index (χ4n) is 1.88. The highest BCUT2D eigenvalue weighted by Gasteiger charge is 2.09. The number of aliphatic imine (C=N–C) groups is 1. The number of guanidine groups is 1. The average molecular weight is 334 g/mol. The van der Waals surface area contributed by atoms with Crippen LogP contribution in [0.15, 0.2) is 29.3 Å². The van der Waals surface area contributed by atoms with Crippen LogP contribution >= 0.6 is 0 Å². The Hall–Kier alpha value is -2.24. The normalized spacial score (nSPS) is 12.7. The summed E-state index contributed by atoms with van der Waals surface area (Å²) in [6.07, 6.45) is 0. The van der Waals surface area contributed by atoms with Crippen LogP contribution in [0.3, 0.4) is 0 Å². The van der Waals surface area contributed by atoms with Crippen molar-refractivity contribution in [3.05, 3.63) is 29.8 Å². The lowest BCUT2D eigenvalue weighted by Crippen LogP contribution is -2.44. The van der Waals surface area contributed by atoms with Crippen molar-refractivity contribution in [2.45, 2.75) is 33.7 Å². The van der Waals surface area contributed by atoms with Gasteiger partial charge in [0, 0.05) is 24.7 Å². The molecule has 1 amide bonds. The number of ether oxygens (including phenoxy) is 1. The van der Waals surface area contributed by atoms with Crippen LogP contribution in [0.2, 0.25) is 0 Å². The maximum Gasteiger partial charge on any atom is 0.251 e. The zero-order chi connectivity index (χ0) is 17.9. The lowest BCUT2D eigenvalue weighted by molar-refractivity contribution is 0.0955. The quantitative estimate of drug-likeness (QED) is 0.386. The minimum absolute atomic E-state index is 0.110. The zero-order valence-corrected chi connectivity index (χ0v) is 15.3. The van der Waals surface area contributed by atoms with Gasteiger partial charge >= 0.3 is 0 Å². The van der Waals surface area contributed by atoms with Gasteiger partial charge in [-0.25, -0.2) is 0 Å². The standard InChI is InChI=1S/C18H30N4O2/c1-6-19-18(22-14(4)13(2)3)21-12-11-20-17(23)15-7-9-16(24-5)10-8-15/h7-10,13-14H,6,11-12H2,1-5H3,(H,20,23)(H2,19,21,22). The van der Waals surface area contributed by atoms with Crippen LogP contribution in [-0.4, -0.2) is 44.7 Å². The first-order valence-corrected chi connectivity index (χ1v) is 8.45. The van der Waals surface area contributed by atoms with E-state index in [0.717, 1.165) is 18.3 Å². The van der Waals surface area contributed by atoms with E-state index in [0.29, 0.717) is 30.6 Å². The van der Waals surface area contributed by atoms with Crippen LogP contribution in [0, 0.1) is 5.92 Å². The minimum Gasteiger partial charge on any atom is -0.497 e. The predicted molar refractivity (Wildman–Crippen MR) is 98.7 cm³/mol. The topological polar surface area (TPSA) is 74.8 Å². The molecule has 0 saturated carbocycles. The van der Waals surface area contributed by atoms with Gasteiger partial charge in [0.05, 0.1) is 13.7 Å². The second kappa shape index (κ2) is 10.5. The van der Waals surface area contributed by atoms with E-state index < -0.39 is 0 Å². The lowest BCUT2D eigenvalue weighted by atomic mass is 10.1. The highest BCUT2D eigenvalue weighted by molar-refractivity contribution is 5.94. The number of hydrogen-bond donors (Lipinski definition) is 3. The van der Waals surface area contributed by atoms with E-state index >= 15 is 0 Å². The molecule has 24 heavy (non-hydrogen) atoms. The Labute approximate surface area is 145 Å². The van der Waals surface area contributed by atoms with Crippen molar-refractivity contribution < 1.29 is 9.53 Å². The molecule has 0 fully saturated rings. The summed E-state index contributed by atoms with van der Waals surface area (Å²) in [4.78, 5) is 16.5. The number of nitrogens with zero attached hydrogens (tertiary/aromatic N) is 1. The van der Waals surface area contributed by atoms with E-state index in [1.54, 1.807) is 31.4 Å². The van der Waals surface area contributed by atoms with E-state index in [1.807, 2.05) is 6.92 Å². The predicted octanol–water partition coefficient (Wildman–Crippen LogP) is 2.02. The molecular formula is C18H30N4O2. The van der Waals surface area contributed by atoms with Crippen molar-refractivity contribution >= 4 is 11.9 Å². The maximum atomic E-state index is 12.1. The summed E-state index contributed by atoms with van der Waals surface area (Å²) in [5.74, 6) is 1.92. The molecule has 3 N–H and O–H groups in total. The average Bonchev–Trinajstić information content (AvgIpc) is 2.58. The summed E-state index contributed by atoms with van der Waals surface area (Å²) in [6.45, 7) is 10.3. The molecule has 0 radical (unpaired) electrons. The van der Waals surface area contributed by atoms with Gasteiger partial charge in [-0.1, -0.05) is 13.8 Å². The van der Waals surface area contributed by atoms with Gasteiger partial charge in [-0.2, -0.15) is 0 Å². The van der Waals surface area contributed by atoms with E-state index in [2.05, 4.69) is 41.7 Å². The smallest absolute Gasteiger partial charge is 0.251 e. The highest BCUT2D eigenvalue weighted by Crippen LogP contribution is 2.10. The third kappa shape index (κ3) is 6.89. The molecule has 134 valence electrons. The lowest BCUT2D eigenvalue weighted by Gasteiger charge is -2.20. The molecule has 0 spiro atoms. The monoisotopic (exact) mass is 334 g/mol. The number of carbonyl (C=O) groups excluding carboxylic acids is 1. The molecule has 1 unspecified atom stereocenters. The Bertz CT molecular complexity index is 526. The van der Waals surface area contributed by atoms with Crippen LogP contribution in [0.4, 0.5) is 0 Å². The Morgan fingerprint density at radius 3 is 2.38 bits per heavy atom. The maximum absolute atomic E-state index is 12.1. The van der Waals surface area contributed by atoms with Gasteiger partial charge in [0.15, 0.2) is 5.96 Å². The van der Waals surface area contributed by atoms with Crippen molar-refractivity contribution in [2.24, 2.45) is 10.9 Å². The first-order chi connectivity index (χ1) is 11.5. The Kier molecular flexibility index (Phi) is 8.68. The molecule has 1 rings (SSSR count). The number of amides is 1. The van der Waals surface area contributed by atoms with Gasteiger partial charge in [0.1, 0.15) is 5.75 Å². The van der Waals surface area contributed by atoms with Crippen LogP contribution in [0.5, 0.6) is 5.75 Å². The van der Waals surface area contributed by atoms with Gasteiger partial charge in [0.25, 0.3) is 5.91 Å². The van der Waals surface area contributed by atoms with Crippen molar-refractivity contribution in [1.29, 1.82) is 0 Å². The summed E-state index contributed by atoms with van der Waals surface area (Å²) in [6, 6.07) is 7.36. The number of hydrogen-bond acceptors (Lipinski definition) is 3. The Balaban J connectivity index is 2.46. The third-order valence-corrected chi connectivity index (χ3v) is 3.73. The number of benzene rings is 1. The highest BCUT2D eigenvalue weighted by atomic mass is 16.5. The Morgan fingerprint density at radius 1 is 1.17 bits per heavy atom. The summed E-state index contributed by atoms with van der Waals surface area (Å²) < 4.78 is 5.08. The molecule has 0 aliphatic rings. The number of carbonyl (C=O) groups is 1. The molecule has 0 aromatic heterocycles. The van der Waals surface area contributed by atoms with E-state index in [-0.39, 0.29) is 5.91 Å². The second-order valence-corrected chi connectivity index (χ2v) is 5.92. The minimum atomic E-state index is -0.110. The van der Waals surface area contributed by atoms with E-state index in [1.165, 1.54) is 0 Å². The van der Waals surface area contributed by atoms with Crippen molar-refractivity contribution in [3.8, 4) is 5.75 Å². The molecule has 1 atom stereocenters. The van der Waals surface area contributed by atoms with Gasteiger partial charge in [0.2, 0.25) is 0 Å². The first kappa shape index (κ1) is 19.8. The number of nitrogens with one attached hydrogen (secondary N) is 3. The number of methoxy groups -OCH3 is 1. The molecule has 0 heterocycles. The molecule has 0 aliphatic carbocycles. The van der Waals surface area contributed by atoms with Crippen LogP contribution in [0.1, 0.15) is 38.1 Å². The largest absolute Gasteiger partial charge is 0.497 e. The van der Waals surface area contributed by atoms with Crippen molar-refractivity contribution in [2.75, 3.05) is 26.7 Å². The molecule has 1 aromatic rings. The summed E-state index contributed by atoms with van der Waals surface area (Å²) >= 11 is 0. The van der Waals surface area contributed by atoms with Gasteiger partial charge in [-0.3, -0.25) is 9.79 Å². The van der Waals surface area contributed by atoms with E-state index in [9.17, 15) is 4.79 Å². The number of rotatable bonds is 8. The summed E-state index contributed by atoms with van der Waals surface area (Å²) in [5, 5.41) is 9.44. The fraction of sp³-hybridized carbons (Fsp3) is 0.556. The van der Waals surface area contributed by atoms with Gasteiger partial charge in [-0.15, -0.1) is 0 Å². The molecule has 0 aliphatic heterocycles. The van der Waals surface area contributed by atoms with Crippen LogP contribution in [-0.2, 0) is 0 Å². The summed E-state index contributed by atoms with van der Waals surface area (Å²) in [5.41, 5.74) is 0.609. The third-order valence-electron chi connectivity index (χ3n) is 3.73. The zero-order valence-electron chi connectivity index (χ0n) is 15.3. The molecular weight excluding hydrogens is 304 g/mol. The van der Waals surface area contributed by atoms with Crippen molar-refractivity contribution in [1.82, 2.24) is 16.0 Å². The Morgan fingerprint density at radius 2 is 1.83 bits per heavy atom. The summed E-state index contributed by atoms with van der Waals surface area (Å²) in [7, 11) is 1.60. The molecule has 6 heteroatoms. The fourth-order valence-corrected chi connectivity index (χ4v) is 1.88. The first-order valence-electron chi connectivity index (χ1n) is 8.45. The van der Waals surface area contributed by atoms with Gasteiger partial charge in [-0.05, 0) is 44.0 Å². The van der Waals surface area contributed by atoms with Crippen LogP contribution < -0.4 is 20.7 Å². The van der Waals surface area contributed by atoms with Gasteiger partial charge < -0.3 is 20.7 Å². The molecule has 0 bridgehead atoms. The van der Waals surface area contributed by atoms with E-state index in [4.69, 9.17) is 4.74 Å².